The number of aliphatic carboxylic acids is 1. The van der Waals surface area contributed by atoms with Gasteiger partial charge in [-0.05, 0) is 0 Å². The van der Waals surface area contributed by atoms with Crippen LogP contribution in [0.1, 0.15) is 26.2 Å². The number of nitrogens with zero attached hydrogens (tertiary/aromatic N) is 1. The van der Waals surface area contributed by atoms with Crippen molar-refractivity contribution in [3.8, 4) is 0 Å². The molecule has 21 heavy (non-hydrogen) atoms. The van der Waals surface area contributed by atoms with Gasteiger partial charge >= 0.3 is 18.1 Å². The van der Waals surface area contributed by atoms with E-state index in [1.54, 1.807) is 6.92 Å². The zero-order chi connectivity index (χ0) is 16.5. The van der Waals surface area contributed by atoms with Crippen molar-refractivity contribution < 1.29 is 38.2 Å². The van der Waals surface area contributed by atoms with Crippen molar-refractivity contribution in [2.75, 3.05) is 34.5 Å². The molecule has 0 aliphatic heterocycles. The monoisotopic (exact) mass is 306 g/mol. The summed E-state index contributed by atoms with van der Waals surface area (Å²) in [5.41, 5.74) is 0. The molecule has 8 heteroatoms. The van der Waals surface area contributed by atoms with Crippen LogP contribution in [0.3, 0.4) is 0 Å². The summed E-state index contributed by atoms with van der Waals surface area (Å²) in [7, 11) is 5.68. The molecule has 0 fully saturated rings. The van der Waals surface area contributed by atoms with Crippen LogP contribution >= 0.6 is 0 Å². The Balaban J connectivity index is 4.27. The van der Waals surface area contributed by atoms with Crippen LogP contribution < -0.4 is 0 Å². The van der Waals surface area contributed by atoms with Gasteiger partial charge in [0.15, 0.2) is 6.10 Å². The fourth-order valence-electron chi connectivity index (χ4n) is 1.50. The van der Waals surface area contributed by atoms with E-state index in [9.17, 15) is 14.4 Å². The summed E-state index contributed by atoms with van der Waals surface area (Å²) in [4.78, 5) is 32.9. The number of esters is 1. The van der Waals surface area contributed by atoms with Gasteiger partial charge in [0.25, 0.3) is 0 Å². The molecule has 0 aliphatic carbocycles. The van der Waals surface area contributed by atoms with Crippen LogP contribution in [0.5, 0.6) is 0 Å². The van der Waals surface area contributed by atoms with Gasteiger partial charge in [-0.3, -0.25) is 9.59 Å². The van der Waals surface area contributed by atoms with E-state index in [1.165, 1.54) is 0 Å². The molecule has 0 radical (unpaired) electrons. The Hall–Kier alpha value is -1.83. The van der Waals surface area contributed by atoms with E-state index >= 15 is 0 Å². The molecule has 1 unspecified atom stereocenters. The Morgan fingerprint density at radius 2 is 1.76 bits per heavy atom. The first kappa shape index (κ1) is 19.2. The van der Waals surface area contributed by atoms with Crippen LogP contribution in [-0.4, -0.2) is 68.3 Å². The smallest absolute Gasteiger partial charge is 0.481 e. The minimum atomic E-state index is -0.984. The standard InChI is InChI=1S/C13H23NO7/c1-5-12(17)19-9-20-13(18)21-10(6-7-11(15)16)8-14(2,3)4/h10H,5-9H2,1-4H3/p+1. The largest absolute Gasteiger partial charge is 0.511 e. The molecule has 122 valence electrons. The Morgan fingerprint density at radius 3 is 2.24 bits per heavy atom. The minimum Gasteiger partial charge on any atom is -0.481 e. The Labute approximate surface area is 124 Å². The SMILES string of the molecule is CCC(=O)OCOC(=O)OC(CCC(=O)O)C[N+](C)(C)C. The summed E-state index contributed by atoms with van der Waals surface area (Å²) < 4.78 is 14.8. The lowest BCUT2D eigenvalue weighted by Gasteiger charge is -2.28. The number of carbonyl (C=O) groups is 3. The van der Waals surface area contributed by atoms with E-state index in [0.29, 0.717) is 11.0 Å². The lowest BCUT2D eigenvalue weighted by Crippen LogP contribution is -2.43. The molecular weight excluding hydrogens is 282 g/mol. The van der Waals surface area contributed by atoms with Crippen molar-refractivity contribution in [1.29, 1.82) is 0 Å². The number of hydrogen-bond acceptors (Lipinski definition) is 6. The number of ether oxygens (including phenoxy) is 3. The Bertz CT molecular complexity index is 362. The molecule has 0 aliphatic rings. The zero-order valence-corrected chi connectivity index (χ0v) is 13.0. The van der Waals surface area contributed by atoms with Gasteiger partial charge in [0.1, 0.15) is 6.54 Å². The van der Waals surface area contributed by atoms with E-state index in [2.05, 4.69) is 9.47 Å². The van der Waals surface area contributed by atoms with Gasteiger partial charge < -0.3 is 23.8 Å². The summed E-state index contributed by atoms with van der Waals surface area (Å²) in [6.07, 6.45) is -1.31. The lowest BCUT2D eigenvalue weighted by atomic mass is 10.2. The fourth-order valence-corrected chi connectivity index (χ4v) is 1.50. The maximum Gasteiger partial charge on any atom is 0.511 e. The first-order valence-electron chi connectivity index (χ1n) is 6.65. The quantitative estimate of drug-likeness (QED) is 0.385. The van der Waals surface area contributed by atoms with Crippen molar-refractivity contribution in [2.45, 2.75) is 32.3 Å². The maximum absolute atomic E-state index is 11.5. The number of hydrogen-bond donors (Lipinski definition) is 1. The molecule has 1 N–H and O–H groups in total. The van der Waals surface area contributed by atoms with Crippen molar-refractivity contribution in [3.05, 3.63) is 0 Å². The molecule has 0 saturated heterocycles. The third-order valence-corrected chi connectivity index (χ3v) is 2.38. The van der Waals surface area contributed by atoms with Crippen molar-refractivity contribution in [2.24, 2.45) is 0 Å². The molecule has 0 aromatic rings. The minimum absolute atomic E-state index is 0.108. The average Bonchev–Trinajstić information content (AvgIpc) is 2.33. The normalized spacial score (nSPS) is 12.4. The third kappa shape index (κ3) is 11.7. The fraction of sp³-hybridized carbons (Fsp3) is 0.769. The second kappa shape index (κ2) is 9.17. The van der Waals surface area contributed by atoms with E-state index in [0.717, 1.165) is 0 Å². The van der Waals surface area contributed by atoms with E-state index in [1.807, 2.05) is 21.1 Å². The second-order valence-electron chi connectivity index (χ2n) is 5.53. The van der Waals surface area contributed by atoms with E-state index in [4.69, 9.17) is 9.84 Å². The topological polar surface area (TPSA) is 99.1 Å². The molecular formula is C13H24NO7+. The van der Waals surface area contributed by atoms with Gasteiger partial charge in [-0.25, -0.2) is 4.79 Å². The van der Waals surface area contributed by atoms with Crippen molar-refractivity contribution in [1.82, 2.24) is 0 Å². The summed E-state index contributed by atoms with van der Waals surface area (Å²) in [6.45, 7) is 1.54. The Morgan fingerprint density at radius 1 is 1.14 bits per heavy atom. The van der Waals surface area contributed by atoms with Gasteiger partial charge in [-0.15, -0.1) is 0 Å². The van der Waals surface area contributed by atoms with Gasteiger partial charge in [-0.1, -0.05) is 6.92 Å². The lowest BCUT2D eigenvalue weighted by molar-refractivity contribution is -0.873. The van der Waals surface area contributed by atoms with Crippen LogP contribution in [0.2, 0.25) is 0 Å². The molecule has 0 spiro atoms. The molecule has 8 nitrogen and oxygen atoms in total. The van der Waals surface area contributed by atoms with Crippen LogP contribution in [0.15, 0.2) is 0 Å². The first-order chi connectivity index (χ1) is 9.64. The highest BCUT2D eigenvalue weighted by atomic mass is 16.8. The molecule has 0 saturated carbocycles. The molecule has 0 bridgehead atoms. The van der Waals surface area contributed by atoms with Crippen LogP contribution in [0.4, 0.5) is 4.79 Å². The molecule has 0 rings (SSSR count). The van der Waals surface area contributed by atoms with E-state index in [-0.39, 0.29) is 19.3 Å². The third-order valence-electron chi connectivity index (χ3n) is 2.38. The summed E-state index contributed by atoms with van der Waals surface area (Å²) in [5.74, 6) is -1.45. The van der Waals surface area contributed by atoms with Gasteiger partial charge in [0.05, 0.1) is 21.1 Å². The number of rotatable bonds is 9. The van der Waals surface area contributed by atoms with Crippen LogP contribution in [0, 0.1) is 0 Å². The maximum atomic E-state index is 11.5. The molecule has 0 amide bonds. The van der Waals surface area contributed by atoms with Crippen LogP contribution in [-0.2, 0) is 23.8 Å². The molecule has 0 aromatic carbocycles. The Kier molecular flexibility index (Phi) is 8.37. The average molecular weight is 306 g/mol. The number of quaternary nitrogens is 1. The first-order valence-corrected chi connectivity index (χ1v) is 6.65. The number of carbonyl (C=O) groups excluding carboxylic acids is 2. The molecule has 0 aromatic heterocycles. The summed E-state index contributed by atoms with van der Waals surface area (Å²) in [6, 6.07) is 0. The highest BCUT2D eigenvalue weighted by Crippen LogP contribution is 2.09. The predicted molar refractivity (Wildman–Crippen MR) is 72.4 cm³/mol. The van der Waals surface area contributed by atoms with Crippen molar-refractivity contribution >= 4 is 18.1 Å². The number of likely N-dealkylation sites (N-methyl/N-ethyl adjacent to an activating group) is 1. The van der Waals surface area contributed by atoms with Gasteiger partial charge in [0.2, 0.25) is 6.79 Å². The number of carboxylic acids is 1. The van der Waals surface area contributed by atoms with Gasteiger partial charge in [-0.2, -0.15) is 0 Å². The van der Waals surface area contributed by atoms with E-state index < -0.39 is 31.0 Å². The highest BCUT2D eigenvalue weighted by molar-refractivity contribution is 5.69. The molecule has 0 heterocycles. The summed E-state index contributed by atoms with van der Waals surface area (Å²) >= 11 is 0. The highest BCUT2D eigenvalue weighted by Gasteiger charge is 2.23. The second-order valence-corrected chi connectivity index (χ2v) is 5.53. The predicted octanol–water partition coefficient (Wildman–Crippen LogP) is 0.990. The van der Waals surface area contributed by atoms with Crippen LogP contribution in [0.25, 0.3) is 0 Å². The van der Waals surface area contributed by atoms with Crippen molar-refractivity contribution in [3.63, 3.8) is 0 Å². The van der Waals surface area contributed by atoms with Gasteiger partial charge in [0, 0.05) is 19.3 Å². The molecule has 1 atom stereocenters. The summed E-state index contributed by atoms with van der Waals surface area (Å²) in [5, 5.41) is 8.69. The number of carboxylic acid groups (broad SMARTS) is 1. The zero-order valence-electron chi connectivity index (χ0n) is 13.0.